The van der Waals surface area contributed by atoms with Gasteiger partial charge in [0, 0.05) is 0 Å². The number of alkyl carbamates (subject to hydrolysis) is 1. The lowest BCUT2D eigenvalue weighted by Gasteiger charge is -2.27. The monoisotopic (exact) mass is 348 g/mol. The highest BCUT2D eigenvalue weighted by Crippen LogP contribution is 2.10. The van der Waals surface area contributed by atoms with Gasteiger partial charge in [-0.2, -0.15) is 11.8 Å². The highest BCUT2D eigenvalue weighted by atomic mass is 32.2. The van der Waals surface area contributed by atoms with Crippen molar-refractivity contribution in [2.75, 3.05) is 19.1 Å². The van der Waals surface area contributed by atoms with Crippen LogP contribution in [0.2, 0.25) is 0 Å². The highest BCUT2D eigenvalue weighted by molar-refractivity contribution is 7.98. The van der Waals surface area contributed by atoms with Crippen LogP contribution in [-0.4, -0.2) is 54.3 Å². The Balaban J connectivity index is 4.92. The largest absolute Gasteiger partial charge is 0.467 e. The minimum Gasteiger partial charge on any atom is -0.467 e. The minimum atomic E-state index is -1.18. The molecule has 8 heteroatoms. The van der Waals surface area contributed by atoms with Crippen molar-refractivity contribution in [2.45, 2.75) is 58.2 Å². The molecule has 7 nitrogen and oxygen atoms in total. The maximum atomic E-state index is 12.4. The zero-order chi connectivity index (χ0) is 18.3. The fourth-order valence-corrected chi connectivity index (χ4v) is 2.13. The van der Waals surface area contributed by atoms with E-state index in [0.717, 1.165) is 0 Å². The molecule has 0 bridgehead atoms. The lowest BCUT2D eigenvalue weighted by atomic mass is 10.0. The van der Waals surface area contributed by atoms with Crippen LogP contribution >= 0.6 is 11.8 Å². The number of rotatable bonds is 7. The van der Waals surface area contributed by atoms with Crippen molar-refractivity contribution in [2.24, 2.45) is 0 Å². The molecule has 134 valence electrons. The molecule has 0 heterocycles. The predicted octanol–water partition coefficient (Wildman–Crippen LogP) is 1.70. The number of methoxy groups -OCH3 is 1. The van der Waals surface area contributed by atoms with Crippen molar-refractivity contribution in [1.82, 2.24) is 10.6 Å². The Morgan fingerprint density at radius 2 is 1.70 bits per heavy atom. The molecule has 0 spiro atoms. The summed E-state index contributed by atoms with van der Waals surface area (Å²) in [7, 11) is 1.25. The fourth-order valence-electron chi connectivity index (χ4n) is 1.66. The quantitative estimate of drug-likeness (QED) is 0.680. The van der Waals surface area contributed by atoms with Gasteiger partial charge in [-0.15, -0.1) is 0 Å². The van der Waals surface area contributed by atoms with Crippen molar-refractivity contribution < 1.29 is 23.9 Å². The van der Waals surface area contributed by atoms with Gasteiger partial charge in [-0.05, 0) is 53.0 Å². The van der Waals surface area contributed by atoms with E-state index in [4.69, 9.17) is 4.74 Å². The summed E-state index contributed by atoms with van der Waals surface area (Å²) in [6.07, 6.45) is 1.65. The Kier molecular flexibility index (Phi) is 8.44. The summed E-state index contributed by atoms with van der Waals surface area (Å²) in [6.45, 7) is 8.30. The summed E-state index contributed by atoms with van der Waals surface area (Å²) in [5, 5.41) is 5.14. The number of hydrogen-bond acceptors (Lipinski definition) is 6. The van der Waals surface area contributed by atoms with E-state index in [1.165, 1.54) is 21.0 Å². The van der Waals surface area contributed by atoms with Gasteiger partial charge >= 0.3 is 12.1 Å². The number of ether oxygens (including phenoxy) is 2. The molecule has 0 saturated heterocycles. The van der Waals surface area contributed by atoms with E-state index in [1.807, 2.05) is 6.26 Å². The van der Waals surface area contributed by atoms with Gasteiger partial charge in [-0.25, -0.2) is 9.59 Å². The van der Waals surface area contributed by atoms with Crippen LogP contribution in [0.15, 0.2) is 0 Å². The minimum absolute atomic E-state index is 0.420. The van der Waals surface area contributed by atoms with E-state index < -0.39 is 35.2 Å². The number of esters is 1. The number of hydrogen-bond donors (Lipinski definition) is 2. The molecule has 23 heavy (non-hydrogen) atoms. The number of carbonyl (C=O) groups is 3. The number of nitrogens with one attached hydrogen (secondary N) is 2. The lowest BCUT2D eigenvalue weighted by Crippen LogP contribution is -2.57. The second-order valence-electron chi connectivity index (χ2n) is 6.59. The predicted molar refractivity (Wildman–Crippen MR) is 90.4 cm³/mol. The van der Waals surface area contributed by atoms with Gasteiger partial charge in [0.1, 0.15) is 17.2 Å². The van der Waals surface area contributed by atoms with Gasteiger partial charge in [0.05, 0.1) is 7.11 Å². The Morgan fingerprint density at radius 3 is 2.13 bits per heavy atom. The van der Waals surface area contributed by atoms with Crippen molar-refractivity contribution >= 4 is 29.7 Å². The Labute approximate surface area is 142 Å². The van der Waals surface area contributed by atoms with Crippen LogP contribution in [0.4, 0.5) is 4.79 Å². The first-order chi connectivity index (χ1) is 10.4. The molecule has 0 aliphatic rings. The zero-order valence-corrected chi connectivity index (χ0v) is 15.8. The number of carbonyl (C=O) groups excluding carboxylic acids is 3. The summed E-state index contributed by atoms with van der Waals surface area (Å²) in [6, 6.07) is -0.791. The lowest BCUT2D eigenvalue weighted by molar-refractivity contribution is -0.149. The second-order valence-corrected chi connectivity index (χ2v) is 7.57. The molecule has 2 amide bonds. The molecule has 0 aromatic carbocycles. The molecule has 0 aromatic heterocycles. The summed E-state index contributed by atoms with van der Waals surface area (Å²) < 4.78 is 9.82. The van der Waals surface area contributed by atoms with Gasteiger partial charge in [0.2, 0.25) is 5.91 Å². The van der Waals surface area contributed by atoms with Gasteiger partial charge in [-0.3, -0.25) is 4.79 Å². The van der Waals surface area contributed by atoms with Crippen molar-refractivity contribution in [3.63, 3.8) is 0 Å². The average Bonchev–Trinajstić information content (AvgIpc) is 2.39. The van der Waals surface area contributed by atoms with Gasteiger partial charge in [0.15, 0.2) is 0 Å². The van der Waals surface area contributed by atoms with E-state index in [9.17, 15) is 14.4 Å². The third-order valence-electron chi connectivity index (χ3n) is 2.75. The standard InChI is InChI=1S/C15H28N2O5S/c1-14(2,3)22-13(20)16-10(8-9-23-7)11(18)17-15(4,5)12(19)21-6/h10H,8-9H2,1-7H3,(H,16,20)(H,17,18)/t10-/m0/s1. The average molecular weight is 348 g/mol. The first-order valence-electron chi connectivity index (χ1n) is 7.32. The summed E-state index contributed by atoms with van der Waals surface area (Å²) >= 11 is 1.55. The van der Waals surface area contributed by atoms with Crippen LogP contribution in [0.5, 0.6) is 0 Å². The molecule has 2 N–H and O–H groups in total. The Bertz CT molecular complexity index is 432. The van der Waals surface area contributed by atoms with E-state index >= 15 is 0 Å². The summed E-state index contributed by atoms with van der Waals surface area (Å²) in [4.78, 5) is 35.9. The first-order valence-corrected chi connectivity index (χ1v) is 8.71. The highest BCUT2D eigenvalue weighted by Gasteiger charge is 2.34. The molecule has 1 atom stereocenters. The van der Waals surface area contributed by atoms with Crippen LogP contribution < -0.4 is 10.6 Å². The van der Waals surface area contributed by atoms with Crippen molar-refractivity contribution in [1.29, 1.82) is 0 Å². The molecule has 0 aliphatic heterocycles. The van der Waals surface area contributed by atoms with Gasteiger partial charge in [0.25, 0.3) is 0 Å². The number of thioether (sulfide) groups is 1. The van der Waals surface area contributed by atoms with Crippen LogP contribution in [-0.2, 0) is 19.1 Å². The molecule has 0 aliphatic carbocycles. The third-order valence-corrected chi connectivity index (χ3v) is 3.39. The van der Waals surface area contributed by atoms with E-state index in [1.54, 1.807) is 32.5 Å². The van der Waals surface area contributed by atoms with Crippen LogP contribution in [0.1, 0.15) is 41.0 Å². The molecule has 0 radical (unpaired) electrons. The van der Waals surface area contributed by atoms with E-state index in [2.05, 4.69) is 15.4 Å². The smallest absolute Gasteiger partial charge is 0.408 e. The molecule has 0 fully saturated rings. The first kappa shape index (κ1) is 21.6. The maximum Gasteiger partial charge on any atom is 0.408 e. The van der Waals surface area contributed by atoms with Gasteiger partial charge < -0.3 is 20.1 Å². The van der Waals surface area contributed by atoms with Crippen LogP contribution in [0.25, 0.3) is 0 Å². The maximum absolute atomic E-state index is 12.4. The molecule has 0 aromatic rings. The Hall–Kier alpha value is -1.44. The molecule has 0 rings (SSSR count). The Morgan fingerprint density at radius 1 is 1.13 bits per heavy atom. The molecular weight excluding hydrogens is 320 g/mol. The molecule has 0 saturated carbocycles. The zero-order valence-electron chi connectivity index (χ0n) is 14.9. The SMILES string of the molecule is COC(=O)C(C)(C)NC(=O)[C@H](CCSC)NC(=O)OC(C)(C)C. The van der Waals surface area contributed by atoms with Crippen LogP contribution in [0.3, 0.4) is 0 Å². The topological polar surface area (TPSA) is 93.7 Å². The normalized spacial score (nSPS) is 13.0. The fraction of sp³-hybridized carbons (Fsp3) is 0.800. The third kappa shape index (κ3) is 8.68. The number of amides is 2. The van der Waals surface area contributed by atoms with Crippen molar-refractivity contribution in [3.8, 4) is 0 Å². The van der Waals surface area contributed by atoms with E-state index in [0.29, 0.717) is 12.2 Å². The van der Waals surface area contributed by atoms with Crippen LogP contribution in [0, 0.1) is 0 Å². The summed E-state index contributed by atoms with van der Waals surface area (Å²) in [5.74, 6) is -0.348. The second kappa shape index (κ2) is 9.00. The van der Waals surface area contributed by atoms with E-state index in [-0.39, 0.29) is 0 Å². The molecular formula is C15H28N2O5S. The summed E-state index contributed by atoms with van der Waals surface area (Å²) in [5.41, 5.74) is -1.84. The molecule has 0 unspecified atom stereocenters. The van der Waals surface area contributed by atoms with Crippen molar-refractivity contribution in [3.05, 3.63) is 0 Å². The van der Waals surface area contributed by atoms with Gasteiger partial charge in [-0.1, -0.05) is 0 Å².